The van der Waals surface area contributed by atoms with E-state index in [9.17, 15) is 8.78 Å². The van der Waals surface area contributed by atoms with Crippen molar-refractivity contribution in [2.75, 3.05) is 0 Å². The van der Waals surface area contributed by atoms with Gasteiger partial charge in [-0.15, -0.1) is 0 Å². The summed E-state index contributed by atoms with van der Waals surface area (Å²) < 4.78 is 32.1. The minimum Gasteiger partial charge on any atom is -0.454 e. The molecule has 0 bridgehead atoms. The summed E-state index contributed by atoms with van der Waals surface area (Å²) in [6, 6.07) is 11.9. The second-order valence-corrected chi connectivity index (χ2v) is 4.96. The highest BCUT2D eigenvalue weighted by Gasteiger charge is 2.19. The van der Waals surface area contributed by atoms with Crippen LogP contribution >= 0.6 is 0 Å². The zero-order chi connectivity index (χ0) is 13.9. The molecule has 0 aromatic heterocycles. The summed E-state index contributed by atoms with van der Waals surface area (Å²) in [6.07, 6.45) is 2.45. The fraction of sp³-hybridized carbons (Fsp3) is 0.250. The van der Waals surface area contributed by atoms with Crippen LogP contribution in [0.5, 0.6) is 11.5 Å². The van der Waals surface area contributed by atoms with Gasteiger partial charge in [-0.05, 0) is 42.7 Å². The van der Waals surface area contributed by atoms with E-state index < -0.39 is 11.6 Å². The van der Waals surface area contributed by atoms with Crippen molar-refractivity contribution in [3.63, 3.8) is 0 Å². The Morgan fingerprint density at radius 2 is 1.90 bits per heavy atom. The maximum absolute atomic E-state index is 13.5. The molecule has 0 spiro atoms. The van der Waals surface area contributed by atoms with E-state index in [0.717, 1.165) is 18.2 Å². The molecule has 3 rings (SSSR count). The standard InChI is InChI=1S/C16H15F2NO/c17-14-5-2-6-15(16(14)18)20-13-4-1-3-11(9-13)10-19-12-7-8-12/h1-6,9,12,19H,7-8,10H2. The van der Waals surface area contributed by atoms with Gasteiger partial charge in [0.25, 0.3) is 0 Å². The second kappa shape index (κ2) is 5.59. The highest BCUT2D eigenvalue weighted by atomic mass is 19.2. The molecule has 2 aromatic rings. The molecule has 1 saturated carbocycles. The van der Waals surface area contributed by atoms with Gasteiger partial charge in [0.2, 0.25) is 5.82 Å². The first kappa shape index (κ1) is 13.1. The van der Waals surface area contributed by atoms with Crippen LogP contribution in [-0.2, 0) is 6.54 Å². The van der Waals surface area contributed by atoms with Gasteiger partial charge in [-0.3, -0.25) is 0 Å². The molecule has 0 amide bonds. The zero-order valence-electron chi connectivity index (χ0n) is 10.9. The number of nitrogens with one attached hydrogen (secondary N) is 1. The van der Waals surface area contributed by atoms with Crippen LogP contribution in [0.1, 0.15) is 18.4 Å². The van der Waals surface area contributed by atoms with E-state index in [1.807, 2.05) is 18.2 Å². The van der Waals surface area contributed by atoms with E-state index in [0.29, 0.717) is 11.8 Å². The van der Waals surface area contributed by atoms with E-state index in [1.165, 1.54) is 25.0 Å². The van der Waals surface area contributed by atoms with Crippen molar-refractivity contribution in [1.29, 1.82) is 0 Å². The summed E-state index contributed by atoms with van der Waals surface area (Å²) >= 11 is 0. The molecule has 1 aliphatic rings. The summed E-state index contributed by atoms with van der Waals surface area (Å²) in [5.74, 6) is -1.47. The largest absolute Gasteiger partial charge is 0.454 e. The summed E-state index contributed by atoms with van der Waals surface area (Å²) in [4.78, 5) is 0. The fourth-order valence-electron chi connectivity index (χ4n) is 1.96. The van der Waals surface area contributed by atoms with Crippen molar-refractivity contribution < 1.29 is 13.5 Å². The molecule has 2 nitrogen and oxygen atoms in total. The number of ether oxygens (including phenoxy) is 1. The highest BCUT2D eigenvalue weighted by molar-refractivity contribution is 5.35. The molecule has 4 heteroatoms. The number of halogens is 2. The minimum absolute atomic E-state index is 0.0997. The van der Waals surface area contributed by atoms with Gasteiger partial charge in [-0.25, -0.2) is 4.39 Å². The maximum atomic E-state index is 13.5. The number of benzene rings is 2. The Labute approximate surface area is 116 Å². The van der Waals surface area contributed by atoms with Crippen LogP contribution in [-0.4, -0.2) is 6.04 Å². The van der Waals surface area contributed by atoms with Crippen LogP contribution < -0.4 is 10.1 Å². The SMILES string of the molecule is Fc1cccc(Oc2cccc(CNC3CC3)c2)c1F. The van der Waals surface area contributed by atoms with Crippen molar-refractivity contribution in [3.8, 4) is 11.5 Å². The van der Waals surface area contributed by atoms with Crippen LogP contribution in [0.15, 0.2) is 42.5 Å². The third-order valence-corrected chi connectivity index (χ3v) is 3.21. The molecule has 20 heavy (non-hydrogen) atoms. The van der Waals surface area contributed by atoms with E-state index in [4.69, 9.17) is 4.74 Å². The van der Waals surface area contributed by atoms with Gasteiger partial charge < -0.3 is 10.1 Å². The van der Waals surface area contributed by atoms with Crippen LogP contribution in [0.4, 0.5) is 8.78 Å². The molecule has 0 radical (unpaired) electrons. The van der Waals surface area contributed by atoms with Gasteiger partial charge >= 0.3 is 0 Å². The zero-order valence-corrected chi connectivity index (χ0v) is 10.9. The molecule has 0 aliphatic heterocycles. The Morgan fingerprint density at radius 3 is 2.70 bits per heavy atom. The molecule has 1 fully saturated rings. The Morgan fingerprint density at radius 1 is 1.10 bits per heavy atom. The van der Waals surface area contributed by atoms with Gasteiger partial charge in [0.05, 0.1) is 0 Å². The summed E-state index contributed by atoms with van der Waals surface area (Å²) in [5.41, 5.74) is 1.06. The van der Waals surface area contributed by atoms with Gasteiger partial charge in [0, 0.05) is 12.6 Å². The molecule has 1 N–H and O–H groups in total. The Hall–Kier alpha value is -1.94. The molecule has 0 atom stereocenters. The van der Waals surface area contributed by atoms with Gasteiger partial charge in [-0.1, -0.05) is 18.2 Å². The third-order valence-electron chi connectivity index (χ3n) is 3.21. The normalized spacial score (nSPS) is 14.3. The second-order valence-electron chi connectivity index (χ2n) is 4.96. The van der Waals surface area contributed by atoms with Crippen molar-refractivity contribution in [3.05, 3.63) is 59.7 Å². The minimum atomic E-state index is -0.964. The van der Waals surface area contributed by atoms with Crippen LogP contribution in [0.3, 0.4) is 0 Å². The lowest BCUT2D eigenvalue weighted by Gasteiger charge is -2.09. The third kappa shape index (κ3) is 3.14. The lowest BCUT2D eigenvalue weighted by molar-refractivity contribution is 0.415. The summed E-state index contributed by atoms with van der Waals surface area (Å²) in [6.45, 7) is 0.757. The molecular weight excluding hydrogens is 260 g/mol. The highest BCUT2D eigenvalue weighted by Crippen LogP contribution is 2.26. The average molecular weight is 275 g/mol. The first-order valence-electron chi connectivity index (χ1n) is 6.66. The Bertz CT molecular complexity index is 611. The van der Waals surface area contributed by atoms with Crippen molar-refractivity contribution >= 4 is 0 Å². The van der Waals surface area contributed by atoms with Crippen LogP contribution in [0, 0.1) is 11.6 Å². The summed E-state index contributed by atoms with van der Waals surface area (Å²) in [7, 11) is 0. The Balaban J connectivity index is 1.72. The van der Waals surface area contributed by atoms with Crippen molar-refractivity contribution in [2.24, 2.45) is 0 Å². The predicted molar refractivity (Wildman–Crippen MR) is 72.7 cm³/mol. The Kier molecular flexibility index (Phi) is 3.65. The smallest absolute Gasteiger partial charge is 0.201 e. The van der Waals surface area contributed by atoms with Gasteiger partial charge in [-0.2, -0.15) is 4.39 Å². The summed E-state index contributed by atoms with van der Waals surface area (Å²) in [5, 5.41) is 3.39. The van der Waals surface area contributed by atoms with E-state index in [-0.39, 0.29) is 5.75 Å². The van der Waals surface area contributed by atoms with Crippen LogP contribution in [0.2, 0.25) is 0 Å². The molecule has 0 saturated heterocycles. The molecule has 2 aromatic carbocycles. The maximum Gasteiger partial charge on any atom is 0.201 e. The average Bonchev–Trinajstić information content (AvgIpc) is 3.26. The number of rotatable bonds is 5. The molecule has 0 unspecified atom stereocenters. The molecule has 1 aliphatic carbocycles. The van der Waals surface area contributed by atoms with Gasteiger partial charge in [0.15, 0.2) is 11.6 Å². The first-order chi connectivity index (χ1) is 9.72. The van der Waals surface area contributed by atoms with Crippen molar-refractivity contribution in [1.82, 2.24) is 5.32 Å². The fourth-order valence-corrected chi connectivity index (χ4v) is 1.96. The van der Waals surface area contributed by atoms with E-state index >= 15 is 0 Å². The lowest BCUT2D eigenvalue weighted by Crippen LogP contribution is -2.15. The van der Waals surface area contributed by atoms with Crippen LogP contribution in [0.25, 0.3) is 0 Å². The number of hydrogen-bond donors (Lipinski definition) is 1. The monoisotopic (exact) mass is 275 g/mol. The topological polar surface area (TPSA) is 21.3 Å². The molecule has 0 heterocycles. The molecular formula is C16H15F2NO. The lowest BCUT2D eigenvalue weighted by atomic mass is 10.2. The van der Waals surface area contributed by atoms with Crippen molar-refractivity contribution in [2.45, 2.75) is 25.4 Å². The first-order valence-corrected chi connectivity index (χ1v) is 6.66. The predicted octanol–water partition coefficient (Wildman–Crippen LogP) is 4.01. The van der Waals surface area contributed by atoms with Gasteiger partial charge in [0.1, 0.15) is 5.75 Å². The quantitative estimate of drug-likeness (QED) is 0.890. The molecule has 104 valence electrons. The van der Waals surface area contributed by atoms with E-state index in [2.05, 4.69) is 5.32 Å². The van der Waals surface area contributed by atoms with E-state index in [1.54, 1.807) is 6.07 Å². The number of hydrogen-bond acceptors (Lipinski definition) is 2.